The van der Waals surface area contributed by atoms with Crippen LogP contribution < -0.4 is 5.32 Å². The van der Waals surface area contributed by atoms with Crippen LogP contribution in [0.3, 0.4) is 0 Å². The summed E-state index contributed by atoms with van der Waals surface area (Å²) >= 11 is 10.9. The van der Waals surface area contributed by atoms with Crippen LogP contribution in [0.2, 0.25) is 5.02 Å². The molecule has 0 saturated carbocycles. The summed E-state index contributed by atoms with van der Waals surface area (Å²) < 4.78 is 1.09. The van der Waals surface area contributed by atoms with Gasteiger partial charge in [-0.2, -0.15) is 0 Å². The highest BCUT2D eigenvalue weighted by atomic mass is 79.9. The number of nitrogens with one attached hydrogen (secondary N) is 1. The molecule has 1 nitrogen and oxygen atoms in total. The van der Waals surface area contributed by atoms with E-state index in [4.69, 9.17) is 11.6 Å². The van der Waals surface area contributed by atoms with E-state index in [-0.39, 0.29) is 0 Å². The molecule has 0 atom stereocenters. The Morgan fingerprint density at radius 2 is 2.50 bits per heavy atom. The van der Waals surface area contributed by atoms with Gasteiger partial charge >= 0.3 is 0 Å². The van der Waals surface area contributed by atoms with Crippen LogP contribution in [-0.2, 0) is 6.54 Å². The first-order valence-electron chi connectivity index (χ1n) is 2.82. The number of hydrogen-bond acceptors (Lipinski definition) is 2. The predicted octanol–water partition coefficient (Wildman–Crippen LogP) is 2.88. The summed E-state index contributed by atoms with van der Waals surface area (Å²) in [4.78, 5) is 1.18. The van der Waals surface area contributed by atoms with Gasteiger partial charge in [-0.15, -0.1) is 11.3 Å². The molecule has 0 aliphatic carbocycles. The van der Waals surface area contributed by atoms with Crippen molar-refractivity contribution >= 4 is 38.9 Å². The maximum absolute atomic E-state index is 5.86. The number of halogens is 2. The van der Waals surface area contributed by atoms with Crippen LogP contribution in [0, 0.1) is 0 Å². The van der Waals surface area contributed by atoms with Crippen molar-refractivity contribution in [2.75, 3.05) is 7.05 Å². The highest BCUT2D eigenvalue weighted by molar-refractivity contribution is 9.11. The van der Waals surface area contributed by atoms with Gasteiger partial charge in [-0.05, 0) is 29.0 Å². The molecule has 56 valence electrons. The Morgan fingerprint density at radius 3 is 2.90 bits per heavy atom. The fraction of sp³-hybridized carbons (Fsp3) is 0.333. The van der Waals surface area contributed by atoms with Gasteiger partial charge in [0.15, 0.2) is 0 Å². The first kappa shape index (κ1) is 8.53. The predicted molar refractivity (Wildman–Crippen MR) is 49.8 cm³/mol. The minimum atomic E-state index is 0.839. The zero-order valence-electron chi connectivity index (χ0n) is 5.45. The van der Waals surface area contributed by atoms with Gasteiger partial charge in [0.25, 0.3) is 0 Å². The molecule has 1 heterocycles. The van der Waals surface area contributed by atoms with E-state index in [2.05, 4.69) is 21.2 Å². The molecule has 4 heteroatoms. The third kappa shape index (κ3) is 1.95. The summed E-state index contributed by atoms with van der Waals surface area (Å²) in [5, 5.41) is 3.88. The van der Waals surface area contributed by atoms with E-state index in [0.29, 0.717) is 0 Å². The van der Waals surface area contributed by atoms with E-state index in [1.807, 2.05) is 13.1 Å². The summed E-state index contributed by atoms with van der Waals surface area (Å²) in [6.07, 6.45) is 0. The van der Waals surface area contributed by atoms with Gasteiger partial charge in [0.2, 0.25) is 0 Å². The second-order valence-electron chi connectivity index (χ2n) is 1.85. The lowest BCUT2D eigenvalue weighted by molar-refractivity contribution is 0.831. The Labute approximate surface area is 77.5 Å². The van der Waals surface area contributed by atoms with Gasteiger partial charge in [0.1, 0.15) is 0 Å². The molecule has 1 N–H and O–H groups in total. The molecule has 10 heavy (non-hydrogen) atoms. The maximum atomic E-state index is 5.86. The SMILES string of the molecule is CNCc1sc(Br)cc1Cl. The van der Waals surface area contributed by atoms with E-state index in [1.54, 1.807) is 11.3 Å². The molecule has 1 aromatic rings. The fourth-order valence-corrected chi connectivity index (χ4v) is 2.75. The van der Waals surface area contributed by atoms with Crippen LogP contribution in [0.15, 0.2) is 9.85 Å². The van der Waals surface area contributed by atoms with Crippen molar-refractivity contribution in [3.63, 3.8) is 0 Å². The summed E-state index contributed by atoms with van der Waals surface area (Å²) in [5.41, 5.74) is 0. The van der Waals surface area contributed by atoms with E-state index in [1.165, 1.54) is 4.88 Å². The van der Waals surface area contributed by atoms with Gasteiger partial charge in [-0.25, -0.2) is 0 Å². The lowest BCUT2D eigenvalue weighted by Gasteiger charge is -1.93. The number of thiophene rings is 1. The lowest BCUT2D eigenvalue weighted by Crippen LogP contribution is -2.03. The summed E-state index contributed by atoms with van der Waals surface area (Å²) in [6, 6.07) is 1.92. The molecule has 0 bridgehead atoms. The Bertz CT molecular complexity index is 224. The largest absolute Gasteiger partial charge is 0.315 e. The van der Waals surface area contributed by atoms with Crippen LogP contribution in [0.5, 0.6) is 0 Å². The molecule has 0 saturated heterocycles. The minimum absolute atomic E-state index is 0.839. The molecule has 0 aliphatic rings. The average molecular weight is 241 g/mol. The van der Waals surface area contributed by atoms with Crippen molar-refractivity contribution in [1.82, 2.24) is 5.32 Å². The molecule has 1 rings (SSSR count). The molecular weight excluding hydrogens is 233 g/mol. The molecule has 0 fully saturated rings. The Kier molecular flexibility index (Phi) is 3.17. The second-order valence-corrected chi connectivity index (χ2v) is 4.78. The Morgan fingerprint density at radius 1 is 1.80 bits per heavy atom. The van der Waals surface area contributed by atoms with Gasteiger partial charge in [0, 0.05) is 11.4 Å². The Hall–Kier alpha value is 0.430. The molecule has 0 aromatic carbocycles. The quantitative estimate of drug-likeness (QED) is 0.838. The van der Waals surface area contributed by atoms with Crippen molar-refractivity contribution in [3.05, 3.63) is 19.8 Å². The third-order valence-corrected chi connectivity index (χ3v) is 3.15. The standard InChI is InChI=1S/C6H7BrClNS/c1-9-3-5-4(8)2-6(7)10-5/h2,9H,3H2,1H3. The molecular formula is C6H7BrClNS. The summed E-state index contributed by atoms with van der Waals surface area (Å²) in [7, 11) is 1.91. The van der Waals surface area contributed by atoms with Crippen molar-refractivity contribution in [3.8, 4) is 0 Å². The van der Waals surface area contributed by atoms with E-state index in [0.717, 1.165) is 15.4 Å². The fourth-order valence-electron chi connectivity index (χ4n) is 0.657. The van der Waals surface area contributed by atoms with Crippen LogP contribution >= 0.6 is 38.9 Å². The topological polar surface area (TPSA) is 12.0 Å². The van der Waals surface area contributed by atoms with Crippen molar-refractivity contribution < 1.29 is 0 Å². The smallest absolute Gasteiger partial charge is 0.0717 e. The maximum Gasteiger partial charge on any atom is 0.0717 e. The van der Waals surface area contributed by atoms with E-state index < -0.39 is 0 Å². The monoisotopic (exact) mass is 239 g/mol. The van der Waals surface area contributed by atoms with Crippen LogP contribution in [0.4, 0.5) is 0 Å². The van der Waals surface area contributed by atoms with Crippen LogP contribution in [0.25, 0.3) is 0 Å². The molecule has 1 aromatic heterocycles. The van der Waals surface area contributed by atoms with Gasteiger partial charge in [0.05, 0.1) is 8.81 Å². The number of hydrogen-bond donors (Lipinski definition) is 1. The molecule has 0 aliphatic heterocycles. The molecule has 0 unspecified atom stereocenters. The first-order valence-corrected chi connectivity index (χ1v) is 4.81. The van der Waals surface area contributed by atoms with E-state index in [9.17, 15) is 0 Å². The number of rotatable bonds is 2. The van der Waals surface area contributed by atoms with E-state index >= 15 is 0 Å². The van der Waals surface area contributed by atoms with Crippen molar-refractivity contribution in [2.24, 2.45) is 0 Å². The second kappa shape index (κ2) is 3.72. The molecule has 0 radical (unpaired) electrons. The van der Waals surface area contributed by atoms with Gasteiger partial charge in [-0.1, -0.05) is 11.6 Å². The highest BCUT2D eigenvalue weighted by Gasteiger charge is 2.02. The minimum Gasteiger partial charge on any atom is -0.315 e. The Balaban J connectivity index is 2.81. The summed E-state index contributed by atoms with van der Waals surface area (Å²) in [6.45, 7) is 0.842. The summed E-state index contributed by atoms with van der Waals surface area (Å²) in [5.74, 6) is 0. The zero-order valence-corrected chi connectivity index (χ0v) is 8.61. The zero-order chi connectivity index (χ0) is 7.56. The van der Waals surface area contributed by atoms with Crippen molar-refractivity contribution in [1.29, 1.82) is 0 Å². The lowest BCUT2D eigenvalue weighted by atomic mass is 10.5. The first-order chi connectivity index (χ1) is 4.74. The highest BCUT2D eigenvalue weighted by Crippen LogP contribution is 2.30. The molecule has 0 amide bonds. The van der Waals surface area contributed by atoms with Crippen LogP contribution in [0.1, 0.15) is 4.88 Å². The van der Waals surface area contributed by atoms with Gasteiger partial charge < -0.3 is 5.32 Å². The normalized spacial score (nSPS) is 10.3. The van der Waals surface area contributed by atoms with Gasteiger partial charge in [-0.3, -0.25) is 0 Å². The molecule has 0 spiro atoms. The third-order valence-electron chi connectivity index (χ3n) is 1.06. The van der Waals surface area contributed by atoms with Crippen molar-refractivity contribution in [2.45, 2.75) is 6.54 Å². The average Bonchev–Trinajstić information content (AvgIpc) is 2.13. The van der Waals surface area contributed by atoms with Crippen LogP contribution in [-0.4, -0.2) is 7.05 Å².